The lowest BCUT2D eigenvalue weighted by atomic mass is 10.3. The second-order valence-electron chi connectivity index (χ2n) is 3.63. The molecule has 0 aliphatic carbocycles. The van der Waals surface area contributed by atoms with E-state index in [1.165, 1.54) is 33.2 Å². The maximum Gasteiger partial charge on any atom is 0.241 e. The Kier molecular flexibility index (Phi) is 4.69. The van der Waals surface area contributed by atoms with E-state index in [0.717, 1.165) is 0 Å². The van der Waals surface area contributed by atoms with Gasteiger partial charge in [-0.25, -0.2) is 8.42 Å². The molecule has 6 nitrogen and oxygen atoms in total. The molecule has 100 valence electrons. The largest absolute Gasteiger partial charge is 0.497 e. The molecular weight excluding hydrogens is 256 g/mol. The number of benzene rings is 1. The summed E-state index contributed by atoms with van der Waals surface area (Å²) in [5.74, 6) is 0.167. The van der Waals surface area contributed by atoms with Crippen molar-refractivity contribution in [3.63, 3.8) is 0 Å². The SMILES string of the molecule is CNC(=O)[C@@H](C)NS(=O)(=O)c1ccc(OC)cc1. The summed E-state index contributed by atoms with van der Waals surface area (Å²) >= 11 is 0. The van der Waals surface area contributed by atoms with Gasteiger partial charge in [0.05, 0.1) is 18.0 Å². The number of rotatable bonds is 5. The number of carbonyl (C=O) groups is 1. The second kappa shape index (κ2) is 5.83. The van der Waals surface area contributed by atoms with Crippen LogP contribution < -0.4 is 14.8 Å². The summed E-state index contributed by atoms with van der Waals surface area (Å²) in [4.78, 5) is 11.3. The molecule has 0 bridgehead atoms. The van der Waals surface area contributed by atoms with Gasteiger partial charge in [0.15, 0.2) is 0 Å². The summed E-state index contributed by atoms with van der Waals surface area (Å²) in [6, 6.07) is 5.08. The molecule has 1 atom stereocenters. The fraction of sp³-hybridized carbons (Fsp3) is 0.364. The highest BCUT2D eigenvalue weighted by atomic mass is 32.2. The smallest absolute Gasteiger partial charge is 0.241 e. The number of hydrogen-bond donors (Lipinski definition) is 2. The lowest BCUT2D eigenvalue weighted by Crippen LogP contribution is -2.43. The zero-order valence-corrected chi connectivity index (χ0v) is 11.2. The van der Waals surface area contributed by atoms with Gasteiger partial charge < -0.3 is 10.1 Å². The van der Waals surface area contributed by atoms with Gasteiger partial charge in [-0.15, -0.1) is 0 Å². The Morgan fingerprint density at radius 2 is 1.83 bits per heavy atom. The quantitative estimate of drug-likeness (QED) is 0.796. The monoisotopic (exact) mass is 272 g/mol. The maximum absolute atomic E-state index is 11.9. The van der Waals surface area contributed by atoms with Crippen LogP contribution in [0.4, 0.5) is 0 Å². The molecule has 1 amide bonds. The zero-order valence-electron chi connectivity index (χ0n) is 10.4. The summed E-state index contributed by atoms with van der Waals surface area (Å²) in [6.45, 7) is 1.47. The molecule has 0 spiro atoms. The van der Waals surface area contributed by atoms with E-state index < -0.39 is 22.0 Å². The number of nitrogens with one attached hydrogen (secondary N) is 2. The first kappa shape index (κ1) is 14.5. The van der Waals surface area contributed by atoms with Crippen molar-refractivity contribution in [3.8, 4) is 5.75 Å². The van der Waals surface area contributed by atoms with Crippen LogP contribution >= 0.6 is 0 Å². The minimum atomic E-state index is -3.71. The van der Waals surface area contributed by atoms with Crippen LogP contribution in [0.25, 0.3) is 0 Å². The fourth-order valence-electron chi connectivity index (χ4n) is 1.33. The summed E-state index contributed by atoms with van der Waals surface area (Å²) in [5, 5.41) is 2.37. The van der Waals surface area contributed by atoms with Crippen molar-refractivity contribution in [1.82, 2.24) is 10.0 Å². The van der Waals surface area contributed by atoms with Gasteiger partial charge in [-0.05, 0) is 31.2 Å². The van der Waals surface area contributed by atoms with Crippen LogP contribution in [0.2, 0.25) is 0 Å². The highest BCUT2D eigenvalue weighted by Gasteiger charge is 2.21. The summed E-state index contributed by atoms with van der Waals surface area (Å²) in [5.41, 5.74) is 0. The maximum atomic E-state index is 11.9. The van der Waals surface area contributed by atoms with Crippen LogP contribution in [-0.4, -0.2) is 34.5 Å². The topological polar surface area (TPSA) is 84.5 Å². The zero-order chi connectivity index (χ0) is 13.8. The third-order valence-electron chi connectivity index (χ3n) is 2.34. The van der Waals surface area contributed by atoms with Crippen molar-refractivity contribution in [2.75, 3.05) is 14.2 Å². The number of carbonyl (C=O) groups excluding carboxylic acids is 1. The molecule has 0 unspecified atom stereocenters. The third kappa shape index (κ3) is 3.44. The van der Waals surface area contributed by atoms with Gasteiger partial charge in [-0.1, -0.05) is 0 Å². The van der Waals surface area contributed by atoms with Gasteiger partial charge >= 0.3 is 0 Å². The Morgan fingerprint density at radius 3 is 2.28 bits per heavy atom. The van der Waals surface area contributed by atoms with Crippen LogP contribution in [0.3, 0.4) is 0 Å². The first-order valence-electron chi connectivity index (χ1n) is 5.28. The molecule has 0 radical (unpaired) electrons. The molecule has 0 aromatic heterocycles. The highest BCUT2D eigenvalue weighted by Crippen LogP contribution is 2.15. The molecule has 0 heterocycles. The fourth-order valence-corrected chi connectivity index (χ4v) is 2.53. The van der Waals surface area contributed by atoms with E-state index in [9.17, 15) is 13.2 Å². The molecule has 0 aliphatic rings. The average molecular weight is 272 g/mol. The van der Waals surface area contributed by atoms with E-state index in [1.54, 1.807) is 12.1 Å². The standard InChI is InChI=1S/C11H16N2O4S/c1-8(11(14)12-2)13-18(15,16)10-6-4-9(17-3)5-7-10/h4-8,13H,1-3H3,(H,12,14)/t8-/m1/s1. The van der Waals surface area contributed by atoms with Crippen molar-refractivity contribution in [3.05, 3.63) is 24.3 Å². The van der Waals surface area contributed by atoms with Crippen LogP contribution in [0.5, 0.6) is 5.75 Å². The molecule has 18 heavy (non-hydrogen) atoms. The average Bonchev–Trinajstić information content (AvgIpc) is 2.37. The van der Waals surface area contributed by atoms with Crippen molar-refractivity contribution in [2.45, 2.75) is 17.9 Å². The number of hydrogen-bond acceptors (Lipinski definition) is 4. The lowest BCUT2D eigenvalue weighted by Gasteiger charge is -2.12. The van der Waals surface area contributed by atoms with Gasteiger partial charge in [0.2, 0.25) is 15.9 Å². The molecule has 0 saturated heterocycles. The molecule has 1 aromatic carbocycles. The van der Waals surface area contributed by atoms with E-state index in [1.807, 2.05) is 0 Å². The van der Waals surface area contributed by atoms with Crippen molar-refractivity contribution < 1.29 is 17.9 Å². The number of ether oxygens (including phenoxy) is 1. The number of sulfonamides is 1. The van der Waals surface area contributed by atoms with Crippen molar-refractivity contribution in [1.29, 1.82) is 0 Å². The van der Waals surface area contributed by atoms with Crippen LogP contribution in [0, 0.1) is 0 Å². The first-order chi connectivity index (χ1) is 8.40. The second-order valence-corrected chi connectivity index (χ2v) is 5.35. The lowest BCUT2D eigenvalue weighted by molar-refractivity contribution is -0.121. The Hall–Kier alpha value is -1.60. The summed E-state index contributed by atoms with van der Waals surface area (Å²) in [6.07, 6.45) is 0. The van der Waals surface area contributed by atoms with Crippen molar-refractivity contribution in [2.24, 2.45) is 0 Å². The Bertz CT molecular complexity index is 510. The number of methoxy groups -OCH3 is 1. The Labute approximate surface area is 106 Å². The summed E-state index contributed by atoms with van der Waals surface area (Å²) < 4.78 is 31.1. The van der Waals surface area contributed by atoms with E-state index >= 15 is 0 Å². The highest BCUT2D eigenvalue weighted by molar-refractivity contribution is 7.89. The van der Waals surface area contributed by atoms with Crippen molar-refractivity contribution >= 4 is 15.9 Å². The van der Waals surface area contributed by atoms with Gasteiger partial charge in [0.1, 0.15) is 5.75 Å². The predicted molar refractivity (Wildman–Crippen MR) is 66.8 cm³/mol. The van der Waals surface area contributed by atoms with E-state index in [0.29, 0.717) is 5.75 Å². The molecule has 0 aliphatic heterocycles. The third-order valence-corrected chi connectivity index (χ3v) is 3.90. The molecular formula is C11H16N2O4S. The molecule has 7 heteroatoms. The molecule has 1 rings (SSSR count). The Balaban J connectivity index is 2.89. The molecule has 2 N–H and O–H groups in total. The van der Waals surface area contributed by atoms with Gasteiger partial charge in [-0.3, -0.25) is 4.79 Å². The minimum Gasteiger partial charge on any atom is -0.497 e. The van der Waals surface area contributed by atoms with Crippen LogP contribution in [0.1, 0.15) is 6.92 Å². The van der Waals surface area contributed by atoms with E-state index in [4.69, 9.17) is 4.74 Å². The normalized spacial score (nSPS) is 12.8. The van der Waals surface area contributed by atoms with Gasteiger partial charge in [0, 0.05) is 7.05 Å². The number of amides is 1. The first-order valence-corrected chi connectivity index (χ1v) is 6.77. The van der Waals surface area contributed by atoms with Gasteiger partial charge in [-0.2, -0.15) is 4.72 Å². The van der Waals surface area contributed by atoms with E-state index in [-0.39, 0.29) is 4.90 Å². The summed E-state index contributed by atoms with van der Waals surface area (Å²) in [7, 11) is -0.766. The predicted octanol–water partition coefficient (Wildman–Crippen LogP) is 0.108. The van der Waals surface area contributed by atoms with Gasteiger partial charge in [0.25, 0.3) is 0 Å². The molecule has 0 saturated carbocycles. The molecule has 1 aromatic rings. The van der Waals surface area contributed by atoms with E-state index in [2.05, 4.69) is 10.0 Å². The Morgan fingerprint density at radius 1 is 1.28 bits per heavy atom. The molecule has 0 fully saturated rings. The van der Waals surface area contributed by atoms with Crippen LogP contribution in [-0.2, 0) is 14.8 Å². The van der Waals surface area contributed by atoms with Crippen LogP contribution in [0.15, 0.2) is 29.2 Å². The minimum absolute atomic E-state index is 0.0825. The number of likely N-dealkylation sites (N-methyl/N-ethyl adjacent to an activating group) is 1.